The minimum atomic E-state index is -0.483. The second-order valence-electron chi connectivity index (χ2n) is 2.81. The van der Waals surface area contributed by atoms with Crippen molar-refractivity contribution in [3.63, 3.8) is 0 Å². The summed E-state index contributed by atoms with van der Waals surface area (Å²) in [6.07, 6.45) is 6.73. The molecular weight excluding hydrogens is 128 g/mol. The van der Waals surface area contributed by atoms with Crippen LogP contribution >= 0.6 is 0 Å². The van der Waals surface area contributed by atoms with Gasteiger partial charge in [-0.15, -0.1) is 0 Å². The van der Waals surface area contributed by atoms with Crippen LogP contribution < -0.4 is 0 Å². The first kappa shape index (κ1) is 7.06. The average molecular weight is 138 g/mol. The predicted octanol–water partition coefficient (Wildman–Crippen LogP) is 1.64. The number of cyclic esters (lactones) is 1. The molecule has 0 radical (unpaired) electrons. The Morgan fingerprint density at radius 3 is 2.80 bits per heavy atom. The monoisotopic (exact) mass is 138 g/mol. The molecule has 0 aromatic carbocycles. The first-order chi connectivity index (χ1) is 4.63. The van der Waals surface area contributed by atoms with Crippen LogP contribution in [0.5, 0.6) is 0 Å². The normalized spacial score (nSPS) is 22.0. The minimum absolute atomic E-state index is 0.211. The number of allylic oxidation sites excluding steroid dienone is 2. The van der Waals surface area contributed by atoms with Crippen LogP contribution in [0.15, 0.2) is 24.5 Å². The third-order valence-electron chi connectivity index (χ3n) is 1.40. The van der Waals surface area contributed by atoms with Gasteiger partial charge in [-0.2, -0.15) is 0 Å². The van der Waals surface area contributed by atoms with Crippen LogP contribution in [0.4, 0.5) is 0 Å². The summed E-state index contributed by atoms with van der Waals surface area (Å²) in [6.45, 7) is 3.64. The SMILES string of the molecule is CC1(C)C=CC=COC1=O. The van der Waals surface area contributed by atoms with Crippen molar-refractivity contribution >= 4 is 5.97 Å². The summed E-state index contributed by atoms with van der Waals surface area (Å²) in [6, 6.07) is 0. The summed E-state index contributed by atoms with van der Waals surface area (Å²) in [7, 11) is 0. The van der Waals surface area contributed by atoms with Gasteiger partial charge in [-0.3, -0.25) is 4.79 Å². The molecule has 10 heavy (non-hydrogen) atoms. The van der Waals surface area contributed by atoms with E-state index in [1.165, 1.54) is 6.26 Å². The smallest absolute Gasteiger partial charge is 0.320 e. The van der Waals surface area contributed by atoms with Crippen molar-refractivity contribution in [2.24, 2.45) is 5.41 Å². The van der Waals surface area contributed by atoms with Gasteiger partial charge in [-0.25, -0.2) is 0 Å². The molecule has 0 amide bonds. The third kappa shape index (κ3) is 1.26. The maximum atomic E-state index is 11.0. The van der Waals surface area contributed by atoms with E-state index in [1.54, 1.807) is 6.08 Å². The fraction of sp³-hybridized carbons (Fsp3) is 0.375. The molecule has 0 saturated heterocycles. The fourth-order valence-corrected chi connectivity index (χ4v) is 0.662. The predicted molar refractivity (Wildman–Crippen MR) is 38.2 cm³/mol. The molecule has 0 aliphatic carbocycles. The van der Waals surface area contributed by atoms with Crippen molar-refractivity contribution < 1.29 is 9.53 Å². The number of carbonyl (C=O) groups is 1. The van der Waals surface area contributed by atoms with E-state index in [-0.39, 0.29) is 5.97 Å². The van der Waals surface area contributed by atoms with Gasteiger partial charge in [0.1, 0.15) is 0 Å². The highest BCUT2D eigenvalue weighted by Gasteiger charge is 2.26. The maximum Gasteiger partial charge on any atom is 0.320 e. The number of esters is 1. The van der Waals surface area contributed by atoms with Crippen molar-refractivity contribution in [3.8, 4) is 0 Å². The molecule has 0 unspecified atom stereocenters. The van der Waals surface area contributed by atoms with Crippen LogP contribution in [0.1, 0.15) is 13.8 Å². The van der Waals surface area contributed by atoms with Gasteiger partial charge >= 0.3 is 5.97 Å². The summed E-state index contributed by atoms with van der Waals surface area (Å²) >= 11 is 0. The van der Waals surface area contributed by atoms with Gasteiger partial charge in [0.15, 0.2) is 0 Å². The molecule has 2 nitrogen and oxygen atoms in total. The number of hydrogen-bond acceptors (Lipinski definition) is 2. The van der Waals surface area contributed by atoms with Crippen molar-refractivity contribution in [2.75, 3.05) is 0 Å². The lowest BCUT2D eigenvalue weighted by Gasteiger charge is -2.14. The van der Waals surface area contributed by atoms with Gasteiger partial charge in [-0.05, 0) is 19.9 Å². The van der Waals surface area contributed by atoms with Crippen LogP contribution in [-0.4, -0.2) is 5.97 Å². The van der Waals surface area contributed by atoms with Crippen molar-refractivity contribution in [1.29, 1.82) is 0 Å². The fourth-order valence-electron chi connectivity index (χ4n) is 0.662. The lowest BCUT2D eigenvalue weighted by molar-refractivity contribution is -0.145. The molecule has 2 heteroatoms. The zero-order chi connectivity index (χ0) is 7.61. The summed E-state index contributed by atoms with van der Waals surface area (Å²) in [5.74, 6) is -0.211. The number of hydrogen-bond donors (Lipinski definition) is 0. The minimum Gasteiger partial charge on any atom is -0.434 e. The molecule has 0 bridgehead atoms. The highest BCUT2D eigenvalue weighted by molar-refractivity contribution is 5.79. The first-order valence-corrected chi connectivity index (χ1v) is 3.18. The Balaban J connectivity index is 2.87. The van der Waals surface area contributed by atoms with Gasteiger partial charge in [0.05, 0.1) is 11.7 Å². The molecule has 0 aromatic heterocycles. The zero-order valence-corrected chi connectivity index (χ0v) is 6.13. The Hall–Kier alpha value is -1.05. The molecule has 0 spiro atoms. The summed E-state index contributed by atoms with van der Waals surface area (Å²) in [5.41, 5.74) is -0.483. The third-order valence-corrected chi connectivity index (χ3v) is 1.40. The van der Waals surface area contributed by atoms with Crippen molar-refractivity contribution in [1.82, 2.24) is 0 Å². The van der Waals surface area contributed by atoms with E-state index in [0.717, 1.165) is 0 Å². The summed E-state index contributed by atoms with van der Waals surface area (Å²) in [4.78, 5) is 11.0. The molecule has 0 N–H and O–H groups in total. The maximum absolute atomic E-state index is 11.0. The Bertz CT molecular complexity index is 199. The molecule has 54 valence electrons. The lowest BCUT2D eigenvalue weighted by Crippen LogP contribution is -2.21. The van der Waals surface area contributed by atoms with E-state index < -0.39 is 5.41 Å². The topological polar surface area (TPSA) is 26.3 Å². The lowest BCUT2D eigenvalue weighted by atomic mass is 9.94. The van der Waals surface area contributed by atoms with Gasteiger partial charge in [0.25, 0.3) is 0 Å². The van der Waals surface area contributed by atoms with Gasteiger partial charge in [0, 0.05) is 0 Å². The van der Waals surface area contributed by atoms with E-state index in [1.807, 2.05) is 26.0 Å². The largest absolute Gasteiger partial charge is 0.434 e. The number of rotatable bonds is 0. The Morgan fingerprint density at radius 2 is 2.10 bits per heavy atom. The first-order valence-electron chi connectivity index (χ1n) is 3.18. The van der Waals surface area contributed by atoms with Crippen LogP contribution in [0.3, 0.4) is 0 Å². The Labute approximate surface area is 60.2 Å². The second kappa shape index (κ2) is 2.29. The Morgan fingerprint density at radius 1 is 1.40 bits per heavy atom. The molecule has 1 aliphatic rings. The average Bonchev–Trinajstić information content (AvgIpc) is 1.96. The van der Waals surface area contributed by atoms with Gasteiger partial charge in [-0.1, -0.05) is 12.2 Å². The highest BCUT2D eigenvalue weighted by Crippen LogP contribution is 2.20. The molecule has 1 rings (SSSR count). The number of ether oxygens (including phenoxy) is 1. The zero-order valence-electron chi connectivity index (χ0n) is 6.13. The molecule has 0 atom stereocenters. The van der Waals surface area contributed by atoms with Crippen LogP contribution in [-0.2, 0) is 9.53 Å². The standard InChI is InChI=1S/C8H10O2/c1-8(2)5-3-4-6-10-7(8)9/h3-6H,1-2H3. The van der Waals surface area contributed by atoms with Crippen molar-refractivity contribution in [3.05, 3.63) is 24.5 Å². The summed E-state index contributed by atoms with van der Waals surface area (Å²) in [5, 5.41) is 0. The molecule has 0 fully saturated rings. The molecule has 0 aromatic rings. The van der Waals surface area contributed by atoms with E-state index in [0.29, 0.717) is 0 Å². The molecule has 1 aliphatic heterocycles. The molecule has 1 heterocycles. The van der Waals surface area contributed by atoms with Crippen LogP contribution in [0.2, 0.25) is 0 Å². The van der Waals surface area contributed by atoms with E-state index in [9.17, 15) is 4.79 Å². The number of carbonyl (C=O) groups excluding carboxylic acids is 1. The highest BCUT2D eigenvalue weighted by atomic mass is 16.5. The quantitative estimate of drug-likeness (QED) is 0.475. The molecular formula is C8H10O2. The second-order valence-corrected chi connectivity index (χ2v) is 2.81. The van der Waals surface area contributed by atoms with E-state index >= 15 is 0 Å². The van der Waals surface area contributed by atoms with Gasteiger partial charge in [0.2, 0.25) is 0 Å². The molecule has 0 saturated carbocycles. The van der Waals surface area contributed by atoms with Crippen LogP contribution in [0, 0.1) is 5.41 Å². The van der Waals surface area contributed by atoms with Gasteiger partial charge < -0.3 is 4.74 Å². The van der Waals surface area contributed by atoms with Crippen molar-refractivity contribution in [2.45, 2.75) is 13.8 Å². The summed E-state index contributed by atoms with van der Waals surface area (Å²) < 4.78 is 4.74. The van der Waals surface area contributed by atoms with Crippen LogP contribution in [0.25, 0.3) is 0 Å². The van der Waals surface area contributed by atoms with E-state index in [2.05, 4.69) is 0 Å². The van der Waals surface area contributed by atoms with E-state index in [4.69, 9.17) is 4.74 Å². The Kier molecular flexibility index (Phi) is 1.62.